The zero-order chi connectivity index (χ0) is 20.9. The molecule has 1 aromatic heterocycles. The average molecular weight is 421 g/mol. The van der Waals surface area contributed by atoms with E-state index in [1.807, 2.05) is 20.8 Å². The van der Waals surface area contributed by atoms with E-state index in [1.165, 1.54) is 6.07 Å². The normalized spacial score (nSPS) is 14.2. The molecular weight excluding hydrogens is 392 g/mol. The van der Waals surface area contributed by atoms with Crippen LogP contribution in [0, 0.1) is 6.92 Å². The van der Waals surface area contributed by atoms with Crippen LogP contribution in [0.2, 0.25) is 0 Å². The van der Waals surface area contributed by atoms with Crippen LogP contribution >= 0.6 is 0 Å². The lowest BCUT2D eigenvalue weighted by Gasteiger charge is -2.17. The Kier molecular flexibility index (Phi) is 6.92. The molecule has 2 aromatic rings. The summed E-state index contributed by atoms with van der Waals surface area (Å²) >= 11 is 0. The molecule has 3 rings (SSSR count). The third-order valence-corrected chi connectivity index (χ3v) is 5.97. The Morgan fingerprint density at radius 1 is 1.07 bits per heavy atom. The Labute approximate surface area is 172 Å². The number of benzene rings is 1. The van der Waals surface area contributed by atoms with E-state index in [0.717, 1.165) is 31.6 Å². The van der Waals surface area contributed by atoms with Crippen molar-refractivity contribution in [1.29, 1.82) is 0 Å². The number of aryl methyl sites for hydroxylation is 1. The van der Waals surface area contributed by atoms with Crippen molar-refractivity contribution in [3.8, 4) is 11.5 Å². The molecule has 0 bridgehead atoms. The molecule has 8 nitrogen and oxygen atoms in total. The summed E-state index contributed by atoms with van der Waals surface area (Å²) < 4.78 is 39.6. The number of hydrogen-bond acceptors (Lipinski definition) is 7. The lowest BCUT2D eigenvalue weighted by molar-refractivity contribution is 0.322. The fourth-order valence-electron chi connectivity index (χ4n) is 3.24. The SMILES string of the molecule is CCOc1ccc(OCC)c(S(=O)(=O)NCc2cc(C)nc(N3CCCC3)n2)c1. The first kappa shape index (κ1) is 21.3. The van der Waals surface area contributed by atoms with Crippen LogP contribution in [0.15, 0.2) is 29.2 Å². The second-order valence-corrected chi connectivity index (χ2v) is 8.53. The minimum absolute atomic E-state index is 0.0517. The molecule has 2 heterocycles. The fraction of sp³-hybridized carbons (Fsp3) is 0.500. The summed E-state index contributed by atoms with van der Waals surface area (Å²) in [7, 11) is -3.83. The summed E-state index contributed by atoms with van der Waals surface area (Å²) in [5.74, 6) is 1.43. The standard InChI is InChI=1S/C20H28N4O4S/c1-4-27-17-8-9-18(28-5-2)19(13-17)29(25,26)21-14-16-12-15(3)22-20(23-16)24-10-6-7-11-24/h8-9,12-13,21H,4-7,10-11,14H2,1-3H3. The van der Waals surface area contributed by atoms with E-state index in [9.17, 15) is 8.42 Å². The third-order valence-electron chi connectivity index (χ3n) is 4.54. The molecule has 1 N–H and O–H groups in total. The minimum atomic E-state index is -3.83. The Hall–Kier alpha value is -2.39. The highest BCUT2D eigenvalue weighted by atomic mass is 32.2. The molecule has 1 saturated heterocycles. The predicted octanol–water partition coefficient (Wildman–Crippen LogP) is 2.66. The van der Waals surface area contributed by atoms with Crippen LogP contribution < -0.4 is 19.1 Å². The van der Waals surface area contributed by atoms with Crippen molar-refractivity contribution in [3.05, 3.63) is 35.7 Å². The van der Waals surface area contributed by atoms with Gasteiger partial charge in [-0.05, 0) is 51.8 Å². The summed E-state index contributed by atoms with van der Waals surface area (Å²) in [6.45, 7) is 8.27. The summed E-state index contributed by atoms with van der Waals surface area (Å²) in [4.78, 5) is 11.2. The van der Waals surface area contributed by atoms with Crippen LogP contribution in [-0.2, 0) is 16.6 Å². The molecule has 0 spiro atoms. The maximum absolute atomic E-state index is 13.0. The van der Waals surface area contributed by atoms with Crippen molar-refractivity contribution in [1.82, 2.24) is 14.7 Å². The van der Waals surface area contributed by atoms with E-state index in [0.29, 0.717) is 36.4 Å². The molecule has 1 aliphatic heterocycles. The van der Waals surface area contributed by atoms with Gasteiger partial charge in [-0.3, -0.25) is 0 Å². The highest BCUT2D eigenvalue weighted by Gasteiger charge is 2.22. The van der Waals surface area contributed by atoms with Gasteiger partial charge < -0.3 is 14.4 Å². The van der Waals surface area contributed by atoms with Gasteiger partial charge in [0.1, 0.15) is 16.4 Å². The molecule has 9 heteroatoms. The molecule has 1 aliphatic rings. The number of aromatic nitrogens is 2. The third kappa shape index (κ3) is 5.36. The summed E-state index contributed by atoms with van der Waals surface area (Å²) in [6.07, 6.45) is 2.24. The van der Waals surface area contributed by atoms with Crippen molar-refractivity contribution in [2.45, 2.75) is 45.1 Å². The van der Waals surface area contributed by atoms with Crippen molar-refractivity contribution in [2.24, 2.45) is 0 Å². The molecular formula is C20H28N4O4S. The number of anilines is 1. The van der Waals surface area contributed by atoms with Gasteiger partial charge in [-0.15, -0.1) is 0 Å². The van der Waals surface area contributed by atoms with Crippen molar-refractivity contribution in [3.63, 3.8) is 0 Å². The largest absolute Gasteiger partial charge is 0.494 e. The Morgan fingerprint density at radius 2 is 1.79 bits per heavy atom. The predicted molar refractivity (Wildman–Crippen MR) is 111 cm³/mol. The monoisotopic (exact) mass is 420 g/mol. The van der Waals surface area contributed by atoms with Crippen molar-refractivity contribution in [2.75, 3.05) is 31.2 Å². The fourth-order valence-corrected chi connectivity index (χ4v) is 4.40. The van der Waals surface area contributed by atoms with E-state index < -0.39 is 10.0 Å². The van der Waals surface area contributed by atoms with E-state index in [1.54, 1.807) is 18.2 Å². The molecule has 0 saturated carbocycles. The maximum Gasteiger partial charge on any atom is 0.244 e. The maximum atomic E-state index is 13.0. The lowest BCUT2D eigenvalue weighted by atomic mass is 10.3. The van der Waals surface area contributed by atoms with Gasteiger partial charge in [0.05, 0.1) is 25.5 Å². The van der Waals surface area contributed by atoms with E-state index in [2.05, 4.69) is 19.6 Å². The number of hydrogen-bond donors (Lipinski definition) is 1. The van der Waals surface area contributed by atoms with Crippen molar-refractivity contribution < 1.29 is 17.9 Å². The van der Waals surface area contributed by atoms with Gasteiger partial charge >= 0.3 is 0 Å². The number of rotatable bonds is 9. The number of nitrogens with one attached hydrogen (secondary N) is 1. The zero-order valence-corrected chi connectivity index (χ0v) is 18.0. The van der Waals surface area contributed by atoms with E-state index in [4.69, 9.17) is 9.47 Å². The summed E-state index contributed by atoms with van der Waals surface area (Å²) in [5.41, 5.74) is 1.44. The second-order valence-electron chi connectivity index (χ2n) is 6.79. The molecule has 1 fully saturated rings. The molecule has 0 atom stereocenters. The van der Waals surface area contributed by atoms with Gasteiger partial charge in [0.2, 0.25) is 16.0 Å². The number of sulfonamides is 1. The van der Waals surface area contributed by atoms with Crippen LogP contribution in [0.5, 0.6) is 11.5 Å². The number of ether oxygens (including phenoxy) is 2. The van der Waals surface area contributed by atoms with E-state index in [-0.39, 0.29) is 11.4 Å². The molecule has 158 valence electrons. The first-order valence-corrected chi connectivity index (χ1v) is 11.4. The highest BCUT2D eigenvalue weighted by Crippen LogP contribution is 2.29. The van der Waals surface area contributed by atoms with Gasteiger partial charge in [0, 0.05) is 24.8 Å². The van der Waals surface area contributed by atoms with Crippen molar-refractivity contribution >= 4 is 16.0 Å². The van der Waals surface area contributed by atoms with Gasteiger partial charge in [0.15, 0.2) is 0 Å². The van der Waals surface area contributed by atoms with Gasteiger partial charge in [0.25, 0.3) is 0 Å². The first-order chi connectivity index (χ1) is 13.9. The van der Waals surface area contributed by atoms with Crippen LogP contribution in [0.4, 0.5) is 5.95 Å². The molecule has 1 aromatic carbocycles. The molecule has 0 aliphatic carbocycles. The minimum Gasteiger partial charge on any atom is -0.494 e. The lowest BCUT2D eigenvalue weighted by Crippen LogP contribution is -2.26. The van der Waals surface area contributed by atoms with Gasteiger partial charge in [-0.1, -0.05) is 0 Å². The molecule has 0 amide bonds. The number of nitrogens with zero attached hydrogens (tertiary/aromatic N) is 3. The van der Waals surface area contributed by atoms with Gasteiger partial charge in [-0.2, -0.15) is 0 Å². The molecule has 0 radical (unpaired) electrons. The van der Waals surface area contributed by atoms with E-state index >= 15 is 0 Å². The Balaban J connectivity index is 1.82. The molecule has 29 heavy (non-hydrogen) atoms. The topological polar surface area (TPSA) is 93.6 Å². The molecule has 0 unspecified atom stereocenters. The average Bonchev–Trinajstić information content (AvgIpc) is 3.23. The summed E-state index contributed by atoms with van der Waals surface area (Å²) in [6, 6.07) is 6.59. The zero-order valence-electron chi connectivity index (χ0n) is 17.1. The second kappa shape index (κ2) is 9.41. The smallest absolute Gasteiger partial charge is 0.244 e. The summed E-state index contributed by atoms with van der Waals surface area (Å²) in [5, 5.41) is 0. The first-order valence-electron chi connectivity index (χ1n) is 9.91. The quantitative estimate of drug-likeness (QED) is 0.666. The van der Waals surface area contributed by atoms with Crippen LogP contribution in [0.3, 0.4) is 0 Å². The van der Waals surface area contributed by atoms with Gasteiger partial charge in [-0.25, -0.2) is 23.1 Å². The van der Waals surface area contributed by atoms with Crippen LogP contribution in [0.25, 0.3) is 0 Å². The highest BCUT2D eigenvalue weighted by molar-refractivity contribution is 7.89. The Morgan fingerprint density at radius 3 is 2.48 bits per heavy atom. The van der Waals surface area contributed by atoms with Crippen LogP contribution in [0.1, 0.15) is 38.1 Å². The van der Waals surface area contributed by atoms with Crippen LogP contribution in [-0.4, -0.2) is 44.7 Å². The Bertz CT molecular complexity index is 943.